The number of aromatic nitrogens is 1. The Kier molecular flexibility index (Phi) is 6.57. The highest BCUT2D eigenvalue weighted by Crippen LogP contribution is 2.25. The number of hydrogen-bond donors (Lipinski definition) is 0. The van der Waals surface area contributed by atoms with E-state index in [-0.39, 0.29) is 17.0 Å². The van der Waals surface area contributed by atoms with Gasteiger partial charge >= 0.3 is 0 Å². The molecule has 0 saturated carbocycles. The Hall–Kier alpha value is -1.91. The molecule has 0 unspecified atom stereocenters. The van der Waals surface area contributed by atoms with Crippen LogP contribution in [0.2, 0.25) is 0 Å². The molecule has 0 radical (unpaired) electrons. The van der Waals surface area contributed by atoms with Crippen molar-refractivity contribution in [1.29, 1.82) is 0 Å². The zero-order valence-electron chi connectivity index (χ0n) is 14.8. The predicted octanol–water partition coefficient (Wildman–Crippen LogP) is 6.14. The molecule has 3 rings (SSSR count). The Morgan fingerprint density at radius 3 is 2.32 bits per heavy atom. The lowest BCUT2D eigenvalue weighted by Gasteiger charge is -2.08. The maximum Gasteiger partial charge on any atom is 0.190 e. The van der Waals surface area contributed by atoms with Gasteiger partial charge < -0.3 is 4.57 Å². The molecule has 3 aromatic rings. The molecule has 130 valence electrons. The lowest BCUT2D eigenvalue weighted by molar-refractivity contribution is 0.800. The van der Waals surface area contributed by atoms with Gasteiger partial charge in [0.2, 0.25) is 0 Å². The average molecular weight is 415 g/mol. The summed E-state index contributed by atoms with van der Waals surface area (Å²) in [4.78, 5) is 5.98. The van der Waals surface area contributed by atoms with Gasteiger partial charge in [0.1, 0.15) is 0 Å². The fraction of sp³-hybridized carbons (Fsp3) is 0.190. The first-order valence-corrected chi connectivity index (χ1v) is 8.95. The van der Waals surface area contributed by atoms with E-state index in [2.05, 4.69) is 73.7 Å². The average Bonchev–Trinajstić information content (AvgIpc) is 2.95. The van der Waals surface area contributed by atoms with Crippen molar-refractivity contribution in [2.45, 2.75) is 27.3 Å². The number of halogens is 1. The molecule has 2 aromatic carbocycles. The largest absolute Gasteiger partial charge is 0.313 e. The molecule has 0 aliphatic carbocycles. The summed E-state index contributed by atoms with van der Waals surface area (Å²) < 4.78 is 2.23. The normalized spacial score (nSPS) is 11.2. The van der Waals surface area contributed by atoms with Gasteiger partial charge in [-0.15, -0.1) is 34.9 Å². The summed E-state index contributed by atoms with van der Waals surface area (Å²) in [6.07, 6.45) is 1.92. The quantitative estimate of drug-likeness (QED) is 0.456. The lowest BCUT2D eigenvalue weighted by atomic mass is 10.1. The van der Waals surface area contributed by atoms with E-state index in [1.54, 1.807) is 11.3 Å². The number of nitrogens with zero attached hydrogens (tertiary/aromatic N) is 2. The van der Waals surface area contributed by atoms with Gasteiger partial charge in [-0.25, -0.2) is 4.99 Å². The van der Waals surface area contributed by atoms with Crippen LogP contribution in [-0.2, 0) is 6.54 Å². The monoisotopic (exact) mass is 414 g/mol. The van der Waals surface area contributed by atoms with Crippen molar-refractivity contribution in [2.24, 2.45) is 4.99 Å². The van der Waals surface area contributed by atoms with E-state index < -0.39 is 0 Å². The highest BCUT2D eigenvalue weighted by atomic mass is 79.9. The van der Waals surface area contributed by atoms with E-state index >= 15 is 0 Å². The smallest absolute Gasteiger partial charge is 0.190 e. The summed E-state index contributed by atoms with van der Waals surface area (Å²) >= 11 is 1.68. The summed E-state index contributed by atoms with van der Waals surface area (Å²) in [5.74, 6) is 0. The van der Waals surface area contributed by atoms with Crippen LogP contribution in [0.1, 0.15) is 16.7 Å². The first kappa shape index (κ1) is 19.4. The molecule has 0 spiro atoms. The maximum atomic E-state index is 4.98. The van der Waals surface area contributed by atoms with Crippen molar-refractivity contribution < 1.29 is 0 Å². The van der Waals surface area contributed by atoms with Gasteiger partial charge in [0.05, 0.1) is 11.4 Å². The van der Waals surface area contributed by atoms with Crippen molar-refractivity contribution >= 4 is 34.0 Å². The van der Waals surface area contributed by atoms with Crippen LogP contribution < -0.4 is 4.80 Å². The number of allylic oxidation sites excluding steroid dienone is 1. The third-order valence-corrected chi connectivity index (χ3v) is 4.89. The number of thiazole rings is 1. The Labute approximate surface area is 164 Å². The van der Waals surface area contributed by atoms with Crippen LogP contribution in [0.3, 0.4) is 0 Å². The summed E-state index contributed by atoms with van der Waals surface area (Å²) in [7, 11) is 0. The molecule has 0 aliphatic heterocycles. The molecule has 1 aromatic heterocycles. The minimum atomic E-state index is 0. The van der Waals surface area contributed by atoms with Crippen LogP contribution >= 0.6 is 28.3 Å². The molecule has 2 nitrogen and oxygen atoms in total. The van der Waals surface area contributed by atoms with Gasteiger partial charge in [0.15, 0.2) is 4.80 Å². The zero-order chi connectivity index (χ0) is 17.1. The second-order valence-electron chi connectivity index (χ2n) is 6.03. The molecule has 0 aliphatic rings. The predicted molar refractivity (Wildman–Crippen MR) is 114 cm³/mol. The van der Waals surface area contributed by atoms with E-state index in [1.807, 2.05) is 12.1 Å². The molecule has 0 bridgehead atoms. The molecular formula is C21H23BrN2S. The standard InChI is InChI=1S/C21H22N2S.BrH/c1-5-11-23-19(18-9-7-6-8-10-18)14-24-21(23)22-20-16(3)12-15(2)13-17(20)4;/h5-10,12-14H,1,11H2,2-4H3;1H. The number of benzene rings is 2. The van der Waals surface area contributed by atoms with Gasteiger partial charge in [-0.2, -0.15) is 0 Å². The van der Waals surface area contributed by atoms with Crippen LogP contribution in [0, 0.1) is 20.8 Å². The van der Waals surface area contributed by atoms with Gasteiger partial charge in [0, 0.05) is 11.9 Å². The second kappa shape index (κ2) is 8.45. The third-order valence-electron chi connectivity index (χ3n) is 4.02. The molecule has 25 heavy (non-hydrogen) atoms. The first-order chi connectivity index (χ1) is 11.6. The van der Waals surface area contributed by atoms with E-state index in [0.29, 0.717) is 0 Å². The van der Waals surface area contributed by atoms with Crippen LogP contribution in [0.15, 0.2) is 65.5 Å². The highest BCUT2D eigenvalue weighted by Gasteiger charge is 2.08. The van der Waals surface area contributed by atoms with Crippen molar-refractivity contribution in [3.8, 4) is 11.3 Å². The van der Waals surface area contributed by atoms with Gasteiger partial charge in [-0.05, 0) is 37.5 Å². The second-order valence-corrected chi connectivity index (χ2v) is 6.86. The maximum absolute atomic E-state index is 4.98. The van der Waals surface area contributed by atoms with Crippen molar-refractivity contribution in [3.05, 3.63) is 82.0 Å². The van der Waals surface area contributed by atoms with Crippen molar-refractivity contribution in [1.82, 2.24) is 4.57 Å². The Bertz CT molecular complexity index is 913. The molecule has 0 atom stereocenters. The fourth-order valence-corrected chi connectivity index (χ4v) is 3.93. The van der Waals surface area contributed by atoms with Crippen LogP contribution in [0.4, 0.5) is 5.69 Å². The summed E-state index contributed by atoms with van der Waals surface area (Å²) in [6.45, 7) is 11.0. The number of rotatable bonds is 4. The molecule has 1 heterocycles. The molecule has 4 heteroatoms. The SMILES string of the molecule is Br.C=CCn1c(-c2ccccc2)csc1=Nc1c(C)cc(C)cc1C. The lowest BCUT2D eigenvalue weighted by Crippen LogP contribution is -2.15. The van der Waals surface area contributed by atoms with E-state index in [0.717, 1.165) is 17.0 Å². The summed E-state index contributed by atoms with van der Waals surface area (Å²) in [5, 5.41) is 2.18. The Morgan fingerprint density at radius 1 is 1.08 bits per heavy atom. The Morgan fingerprint density at radius 2 is 1.72 bits per heavy atom. The minimum absolute atomic E-state index is 0. The van der Waals surface area contributed by atoms with Crippen LogP contribution in [-0.4, -0.2) is 4.57 Å². The van der Waals surface area contributed by atoms with Crippen molar-refractivity contribution in [2.75, 3.05) is 0 Å². The van der Waals surface area contributed by atoms with Gasteiger partial charge in [0.25, 0.3) is 0 Å². The topological polar surface area (TPSA) is 17.3 Å². The molecular weight excluding hydrogens is 392 g/mol. The number of aryl methyl sites for hydroxylation is 3. The van der Waals surface area contributed by atoms with E-state index in [9.17, 15) is 0 Å². The van der Waals surface area contributed by atoms with Gasteiger partial charge in [-0.3, -0.25) is 0 Å². The summed E-state index contributed by atoms with van der Waals surface area (Å²) in [6, 6.07) is 14.8. The van der Waals surface area contributed by atoms with Crippen LogP contribution in [0.5, 0.6) is 0 Å². The van der Waals surface area contributed by atoms with E-state index in [4.69, 9.17) is 4.99 Å². The highest BCUT2D eigenvalue weighted by molar-refractivity contribution is 8.93. The van der Waals surface area contributed by atoms with Gasteiger partial charge in [-0.1, -0.05) is 54.1 Å². The summed E-state index contributed by atoms with van der Waals surface area (Å²) in [5.41, 5.74) is 7.16. The zero-order valence-corrected chi connectivity index (χ0v) is 17.4. The third kappa shape index (κ3) is 4.20. The molecule has 0 fully saturated rings. The van der Waals surface area contributed by atoms with E-state index in [1.165, 1.54) is 27.9 Å². The molecule has 0 saturated heterocycles. The number of hydrogen-bond acceptors (Lipinski definition) is 2. The first-order valence-electron chi connectivity index (χ1n) is 8.07. The van der Waals surface area contributed by atoms with Crippen LogP contribution in [0.25, 0.3) is 11.3 Å². The Balaban J connectivity index is 0.00000225. The molecule has 0 amide bonds. The molecule has 0 N–H and O–H groups in total. The minimum Gasteiger partial charge on any atom is -0.313 e. The fourth-order valence-electron chi connectivity index (χ4n) is 3.01. The van der Waals surface area contributed by atoms with Crippen molar-refractivity contribution in [3.63, 3.8) is 0 Å².